The Labute approximate surface area is 144 Å². The van der Waals surface area contributed by atoms with Crippen molar-refractivity contribution in [3.8, 4) is 0 Å². The Hall–Kier alpha value is -1.63. The molecular weight excluding hydrogens is 306 g/mol. The fourth-order valence-electron chi connectivity index (χ4n) is 3.04. The van der Waals surface area contributed by atoms with Gasteiger partial charge in [-0.05, 0) is 50.7 Å². The van der Waals surface area contributed by atoms with Gasteiger partial charge in [-0.3, -0.25) is 4.79 Å². The fourth-order valence-corrected chi connectivity index (χ4v) is 3.04. The monoisotopic (exact) mass is 335 g/mol. The zero-order valence-corrected chi connectivity index (χ0v) is 14.9. The number of nitrogens with zero attached hydrogens (tertiary/aromatic N) is 1. The number of hydrogen-bond donors (Lipinski definition) is 2. The Balaban J connectivity index is 2.09. The molecule has 1 amide bonds. The van der Waals surface area contributed by atoms with E-state index in [4.69, 9.17) is 9.47 Å². The summed E-state index contributed by atoms with van der Waals surface area (Å²) in [5.41, 5.74) is 1.03. The van der Waals surface area contributed by atoms with E-state index in [-0.39, 0.29) is 17.9 Å². The van der Waals surface area contributed by atoms with E-state index >= 15 is 0 Å². The van der Waals surface area contributed by atoms with Gasteiger partial charge < -0.3 is 25.0 Å². The number of methoxy groups -OCH3 is 2. The molecule has 1 aliphatic heterocycles. The van der Waals surface area contributed by atoms with Crippen LogP contribution in [0.4, 0.5) is 0 Å². The topological polar surface area (TPSA) is 62.8 Å². The number of amides is 1. The Morgan fingerprint density at radius 3 is 2.75 bits per heavy atom. The largest absolute Gasteiger partial charge is 0.497 e. The highest BCUT2D eigenvalue weighted by atomic mass is 16.5. The summed E-state index contributed by atoms with van der Waals surface area (Å²) in [6.07, 6.45) is 9.56. The minimum Gasteiger partial charge on any atom is -0.497 e. The van der Waals surface area contributed by atoms with E-state index in [9.17, 15) is 4.79 Å². The van der Waals surface area contributed by atoms with Crippen LogP contribution in [-0.2, 0) is 14.3 Å². The molecule has 2 aliphatic rings. The van der Waals surface area contributed by atoms with Crippen molar-refractivity contribution >= 4 is 5.91 Å². The van der Waals surface area contributed by atoms with Crippen LogP contribution in [0.5, 0.6) is 0 Å². The van der Waals surface area contributed by atoms with Crippen LogP contribution in [0.3, 0.4) is 0 Å². The van der Waals surface area contributed by atoms with Crippen LogP contribution < -0.4 is 10.6 Å². The molecule has 2 N–H and O–H groups in total. The molecule has 24 heavy (non-hydrogen) atoms. The van der Waals surface area contributed by atoms with E-state index in [1.54, 1.807) is 14.2 Å². The summed E-state index contributed by atoms with van der Waals surface area (Å²) in [6, 6.07) is 0. The molecule has 0 radical (unpaired) electrons. The average molecular weight is 335 g/mol. The van der Waals surface area contributed by atoms with Gasteiger partial charge in [0.2, 0.25) is 5.91 Å². The first-order valence-electron chi connectivity index (χ1n) is 8.49. The van der Waals surface area contributed by atoms with Gasteiger partial charge in [0.15, 0.2) is 0 Å². The third-order valence-corrected chi connectivity index (χ3v) is 4.39. The van der Waals surface area contributed by atoms with E-state index in [2.05, 4.69) is 10.6 Å². The van der Waals surface area contributed by atoms with Crippen LogP contribution in [0.2, 0.25) is 0 Å². The summed E-state index contributed by atoms with van der Waals surface area (Å²) >= 11 is 0. The SMILES string of the molecule is CNCN(CC1=CC(OC)=CC(OC)C=C1)C(=O)C1CCNCC1. The molecule has 0 aromatic heterocycles. The summed E-state index contributed by atoms with van der Waals surface area (Å²) in [5.74, 6) is 1.08. The Kier molecular flexibility index (Phi) is 7.49. The second kappa shape index (κ2) is 9.61. The van der Waals surface area contributed by atoms with Gasteiger partial charge >= 0.3 is 0 Å². The molecule has 1 fully saturated rings. The van der Waals surface area contributed by atoms with Gasteiger partial charge in [-0.15, -0.1) is 0 Å². The molecule has 0 aromatic rings. The molecule has 6 nitrogen and oxygen atoms in total. The number of hydrogen-bond acceptors (Lipinski definition) is 5. The van der Waals surface area contributed by atoms with Crippen molar-refractivity contribution in [2.75, 3.05) is 47.6 Å². The zero-order chi connectivity index (χ0) is 17.4. The van der Waals surface area contributed by atoms with Crippen LogP contribution in [0.25, 0.3) is 0 Å². The van der Waals surface area contributed by atoms with Gasteiger partial charge in [0, 0.05) is 19.6 Å². The molecule has 134 valence electrons. The number of rotatable bonds is 7. The van der Waals surface area contributed by atoms with Gasteiger partial charge in [0.05, 0.1) is 19.9 Å². The van der Waals surface area contributed by atoms with E-state index in [0.717, 1.165) is 37.3 Å². The van der Waals surface area contributed by atoms with Crippen molar-refractivity contribution in [3.63, 3.8) is 0 Å². The van der Waals surface area contributed by atoms with E-state index in [0.29, 0.717) is 13.2 Å². The fraction of sp³-hybridized carbons (Fsp3) is 0.611. The van der Waals surface area contributed by atoms with Crippen LogP contribution >= 0.6 is 0 Å². The lowest BCUT2D eigenvalue weighted by Gasteiger charge is -2.30. The van der Waals surface area contributed by atoms with E-state index in [1.807, 2.05) is 36.3 Å². The maximum Gasteiger partial charge on any atom is 0.227 e. The summed E-state index contributed by atoms with van der Waals surface area (Å²) in [4.78, 5) is 14.7. The van der Waals surface area contributed by atoms with Crippen LogP contribution in [0.15, 0.2) is 35.6 Å². The van der Waals surface area contributed by atoms with Crippen LogP contribution in [-0.4, -0.2) is 64.5 Å². The molecule has 1 saturated heterocycles. The highest BCUT2D eigenvalue weighted by Gasteiger charge is 2.26. The molecule has 1 unspecified atom stereocenters. The second-order valence-corrected chi connectivity index (χ2v) is 6.12. The summed E-state index contributed by atoms with van der Waals surface area (Å²) < 4.78 is 10.8. The van der Waals surface area contributed by atoms with Crippen molar-refractivity contribution in [2.24, 2.45) is 5.92 Å². The van der Waals surface area contributed by atoms with Crippen LogP contribution in [0, 0.1) is 5.92 Å². The quantitative estimate of drug-likeness (QED) is 0.681. The minimum absolute atomic E-state index is 0.110. The molecule has 0 aromatic carbocycles. The standard InChI is InChI=1S/C18H29N3O3/c1-19-13-21(18(22)15-6-8-20-9-7-15)12-14-4-5-16(23-2)11-17(10-14)24-3/h4-5,10-11,15-16,19-20H,6-9,12-13H2,1-3H3. The van der Waals surface area contributed by atoms with Gasteiger partial charge in [-0.25, -0.2) is 0 Å². The number of allylic oxidation sites excluding steroid dienone is 1. The third kappa shape index (κ3) is 5.19. The Morgan fingerprint density at radius 1 is 1.38 bits per heavy atom. The zero-order valence-electron chi connectivity index (χ0n) is 14.9. The molecule has 1 heterocycles. The van der Waals surface area contributed by atoms with Gasteiger partial charge in [-0.2, -0.15) is 0 Å². The average Bonchev–Trinajstić information content (AvgIpc) is 2.83. The summed E-state index contributed by atoms with van der Waals surface area (Å²) in [5, 5.41) is 6.41. The molecule has 0 spiro atoms. The summed E-state index contributed by atoms with van der Waals surface area (Å²) in [7, 11) is 5.17. The highest BCUT2D eigenvalue weighted by molar-refractivity contribution is 5.79. The Morgan fingerprint density at radius 2 is 2.12 bits per heavy atom. The summed E-state index contributed by atoms with van der Waals surface area (Å²) in [6.45, 7) is 2.92. The van der Waals surface area contributed by atoms with Crippen molar-refractivity contribution in [3.05, 3.63) is 35.6 Å². The molecule has 0 saturated carbocycles. The van der Waals surface area contributed by atoms with Gasteiger partial charge in [0.25, 0.3) is 0 Å². The van der Waals surface area contributed by atoms with Crippen molar-refractivity contribution in [1.29, 1.82) is 0 Å². The van der Waals surface area contributed by atoms with Crippen molar-refractivity contribution in [1.82, 2.24) is 15.5 Å². The molecule has 6 heteroatoms. The van der Waals surface area contributed by atoms with E-state index < -0.39 is 0 Å². The van der Waals surface area contributed by atoms with Crippen LogP contribution in [0.1, 0.15) is 12.8 Å². The first kappa shape index (κ1) is 18.7. The lowest BCUT2D eigenvalue weighted by molar-refractivity contribution is -0.136. The maximum absolute atomic E-state index is 12.9. The number of ether oxygens (including phenoxy) is 2. The number of carbonyl (C=O) groups excluding carboxylic acids is 1. The number of piperidine rings is 1. The maximum atomic E-state index is 12.9. The third-order valence-electron chi connectivity index (χ3n) is 4.39. The normalized spacial score (nSPS) is 21.7. The Bertz CT molecular complexity index is 508. The molecule has 1 aliphatic carbocycles. The van der Waals surface area contributed by atoms with Crippen molar-refractivity contribution < 1.29 is 14.3 Å². The van der Waals surface area contributed by atoms with E-state index in [1.165, 1.54) is 0 Å². The first-order valence-corrected chi connectivity index (χ1v) is 8.49. The molecule has 2 rings (SSSR count). The lowest BCUT2D eigenvalue weighted by Crippen LogP contribution is -2.45. The number of carbonyl (C=O) groups is 1. The predicted molar refractivity (Wildman–Crippen MR) is 94.3 cm³/mol. The van der Waals surface area contributed by atoms with Crippen molar-refractivity contribution in [2.45, 2.75) is 18.9 Å². The molecule has 1 atom stereocenters. The van der Waals surface area contributed by atoms with Gasteiger partial charge in [-0.1, -0.05) is 12.2 Å². The molecule has 0 bridgehead atoms. The smallest absolute Gasteiger partial charge is 0.227 e. The lowest BCUT2D eigenvalue weighted by atomic mass is 9.96. The molecular formula is C18H29N3O3. The minimum atomic E-state index is -0.119. The second-order valence-electron chi connectivity index (χ2n) is 6.12. The highest BCUT2D eigenvalue weighted by Crippen LogP contribution is 2.18. The predicted octanol–water partition coefficient (Wildman–Crippen LogP) is 1.03. The first-order chi connectivity index (χ1) is 11.7. The van der Waals surface area contributed by atoms with Gasteiger partial charge in [0.1, 0.15) is 5.76 Å². The number of nitrogens with one attached hydrogen (secondary N) is 2.